The van der Waals surface area contributed by atoms with Gasteiger partial charge in [-0.05, 0) is 36.4 Å². The SMILES string of the molecule is O=C(Nc1ccc(Cl)cc1)C(=O)Nc1ccc([N+](=O)[O-])cc1. The summed E-state index contributed by atoms with van der Waals surface area (Å²) >= 11 is 5.71. The summed E-state index contributed by atoms with van der Waals surface area (Å²) in [5.41, 5.74) is 0.596. The van der Waals surface area contributed by atoms with E-state index >= 15 is 0 Å². The first-order chi connectivity index (χ1) is 10.5. The lowest BCUT2D eigenvalue weighted by Gasteiger charge is -2.06. The first-order valence-electron chi connectivity index (χ1n) is 6.08. The van der Waals surface area contributed by atoms with Crippen LogP contribution in [0.4, 0.5) is 17.1 Å². The Kier molecular flexibility index (Phi) is 4.70. The molecule has 22 heavy (non-hydrogen) atoms. The summed E-state index contributed by atoms with van der Waals surface area (Å²) in [6, 6.07) is 11.4. The second-order valence-corrected chi connectivity index (χ2v) is 4.66. The lowest BCUT2D eigenvalue weighted by atomic mass is 10.3. The molecule has 2 aromatic carbocycles. The third-order valence-corrected chi connectivity index (χ3v) is 2.90. The van der Waals surface area contributed by atoms with Gasteiger partial charge in [0.2, 0.25) is 0 Å². The summed E-state index contributed by atoms with van der Waals surface area (Å²) in [5.74, 6) is -1.75. The van der Waals surface area contributed by atoms with Crippen molar-refractivity contribution in [2.45, 2.75) is 0 Å². The number of nitro benzene ring substituents is 1. The van der Waals surface area contributed by atoms with E-state index in [1.807, 2.05) is 0 Å². The Morgan fingerprint density at radius 1 is 0.864 bits per heavy atom. The van der Waals surface area contributed by atoms with Crippen LogP contribution in [-0.4, -0.2) is 16.7 Å². The number of carbonyl (C=O) groups is 2. The molecule has 112 valence electrons. The van der Waals surface area contributed by atoms with E-state index < -0.39 is 16.7 Å². The van der Waals surface area contributed by atoms with E-state index in [4.69, 9.17) is 11.6 Å². The maximum Gasteiger partial charge on any atom is 0.314 e. The Bertz CT molecular complexity index is 714. The first kappa shape index (κ1) is 15.5. The molecule has 8 heteroatoms. The van der Waals surface area contributed by atoms with Crippen LogP contribution >= 0.6 is 11.6 Å². The van der Waals surface area contributed by atoms with Crippen molar-refractivity contribution in [2.75, 3.05) is 10.6 Å². The predicted octanol–water partition coefficient (Wildman–Crippen LogP) is 2.83. The van der Waals surface area contributed by atoms with Crippen LogP contribution in [0.2, 0.25) is 5.02 Å². The zero-order valence-corrected chi connectivity index (χ0v) is 11.8. The molecule has 0 aliphatic carbocycles. The molecule has 2 aromatic rings. The summed E-state index contributed by atoms with van der Waals surface area (Å²) in [7, 11) is 0. The summed E-state index contributed by atoms with van der Waals surface area (Å²) in [6.07, 6.45) is 0. The molecule has 0 radical (unpaired) electrons. The van der Waals surface area contributed by atoms with E-state index in [0.29, 0.717) is 10.7 Å². The Morgan fingerprint density at radius 3 is 1.68 bits per heavy atom. The minimum Gasteiger partial charge on any atom is -0.318 e. The fourth-order valence-electron chi connectivity index (χ4n) is 1.58. The van der Waals surface area contributed by atoms with Crippen LogP contribution in [0, 0.1) is 10.1 Å². The molecule has 7 nitrogen and oxygen atoms in total. The van der Waals surface area contributed by atoms with Crippen LogP contribution in [0.15, 0.2) is 48.5 Å². The van der Waals surface area contributed by atoms with Crippen molar-refractivity contribution in [1.82, 2.24) is 0 Å². The largest absolute Gasteiger partial charge is 0.318 e. The summed E-state index contributed by atoms with van der Waals surface area (Å²) in [6.45, 7) is 0. The number of anilines is 2. The molecule has 2 N–H and O–H groups in total. The van der Waals surface area contributed by atoms with Gasteiger partial charge < -0.3 is 10.6 Å². The topological polar surface area (TPSA) is 101 Å². The molecule has 0 spiro atoms. The van der Waals surface area contributed by atoms with Gasteiger partial charge in [0.15, 0.2) is 0 Å². The maximum atomic E-state index is 11.7. The Balaban J connectivity index is 1.97. The summed E-state index contributed by atoms with van der Waals surface area (Å²) in [5, 5.41) is 15.8. The van der Waals surface area contributed by atoms with Crippen molar-refractivity contribution >= 4 is 40.5 Å². The van der Waals surface area contributed by atoms with Gasteiger partial charge in [-0.15, -0.1) is 0 Å². The number of nitro groups is 1. The number of amides is 2. The van der Waals surface area contributed by atoms with E-state index in [2.05, 4.69) is 10.6 Å². The van der Waals surface area contributed by atoms with Gasteiger partial charge in [-0.25, -0.2) is 0 Å². The molecule has 0 fully saturated rings. The normalized spacial score (nSPS) is 9.86. The van der Waals surface area contributed by atoms with Crippen LogP contribution in [0.25, 0.3) is 0 Å². The van der Waals surface area contributed by atoms with Crippen molar-refractivity contribution < 1.29 is 14.5 Å². The Hall–Kier alpha value is -2.93. The standard InChI is InChI=1S/C14H10ClN3O4/c15-9-1-3-10(4-2-9)16-13(19)14(20)17-11-5-7-12(8-6-11)18(21)22/h1-8H,(H,16,19)(H,17,20). The van der Waals surface area contributed by atoms with E-state index in [1.54, 1.807) is 24.3 Å². The van der Waals surface area contributed by atoms with Crippen molar-refractivity contribution in [3.63, 3.8) is 0 Å². The molecule has 2 amide bonds. The second-order valence-electron chi connectivity index (χ2n) is 4.22. The molecule has 0 aliphatic rings. The van der Waals surface area contributed by atoms with E-state index in [9.17, 15) is 19.7 Å². The van der Waals surface area contributed by atoms with Gasteiger partial charge in [0.1, 0.15) is 0 Å². The fourth-order valence-corrected chi connectivity index (χ4v) is 1.70. The number of benzene rings is 2. The smallest absolute Gasteiger partial charge is 0.314 e. The Morgan fingerprint density at radius 2 is 1.27 bits per heavy atom. The average Bonchev–Trinajstić information content (AvgIpc) is 2.50. The molecule has 0 aromatic heterocycles. The minimum absolute atomic E-state index is 0.108. The van der Waals surface area contributed by atoms with Crippen molar-refractivity contribution in [3.8, 4) is 0 Å². The molecule has 2 rings (SSSR count). The van der Waals surface area contributed by atoms with Gasteiger partial charge in [0.25, 0.3) is 5.69 Å². The van der Waals surface area contributed by atoms with Gasteiger partial charge in [-0.1, -0.05) is 11.6 Å². The average molecular weight is 320 g/mol. The number of hydrogen-bond acceptors (Lipinski definition) is 4. The predicted molar refractivity (Wildman–Crippen MR) is 81.8 cm³/mol. The van der Waals surface area contributed by atoms with Crippen LogP contribution in [0.3, 0.4) is 0 Å². The van der Waals surface area contributed by atoms with E-state index in [1.165, 1.54) is 24.3 Å². The monoisotopic (exact) mass is 319 g/mol. The third kappa shape index (κ3) is 4.03. The zero-order valence-electron chi connectivity index (χ0n) is 11.1. The highest BCUT2D eigenvalue weighted by atomic mass is 35.5. The van der Waals surface area contributed by atoms with Crippen molar-refractivity contribution in [3.05, 3.63) is 63.7 Å². The zero-order chi connectivity index (χ0) is 16.1. The van der Waals surface area contributed by atoms with Crippen molar-refractivity contribution in [1.29, 1.82) is 0 Å². The molecular weight excluding hydrogens is 310 g/mol. The number of nitrogens with zero attached hydrogens (tertiary/aromatic N) is 1. The number of halogens is 1. The molecule has 0 atom stereocenters. The van der Waals surface area contributed by atoms with Crippen LogP contribution in [0.5, 0.6) is 0 Å². The van der Waals surface area contributed by atoms with Crippen LogP contribution in [0.1, 0.15) is 0 Å². The quantitative estimate of drug-likeness (QED) is 0.516. The number of rotatable bonds is 3. The number of non-ortho nitro benzene ring substituents is 1. The summed E-state index contributed by atoms with van der Waals surface area (Å²) < 4.78 is 0. The number of nitrogens with one attached hydrogen (secondary N) is 2. The third-order valence-electron chi connectivity index (χ3n) is 2.64. The molecule has 0 heterocycles. The van der Waals surface area contributed by atoms with Gasteiger partial charge in [0, 0.05) is 28.5 Å². The molecular formula is C14H10ClN3O4. The van der Waals surface area contributed by atoms with E-state index in [-0.39, 0.29) is 11.4 Å². The first-order valence-corrected chi connectivity index (χ1v) is 6.46. The lowest BCUT2D eigenvalue weighted by Crippen LogP contribution is -2.29. The number of carbonyl (C=O) groups excluding carboxylic acids is 2. The fraction of sp³-hybridized carbons (Fsp3) is 0. The van der Waals surface area contributed by atoms with Gasteiger partial charge in [-0.2, -0.15) is 0 Å². The molecule has 0 bridgehead atoms. The van der Waals surface area contributed by atoms with Gasteiger partial charge >= 0.3 is 11.8 Å². The van der Waals surface area contributed by atoms with Crippen molar-refractivity contribution in [2.24, 2.45) is 0 Å². The van der Waals surface area contributed by atoms with Crippen LogP contribution in [-0.2, 0) is 9.59 Å². The molecule has 0 saturated heterocycles. The highest BCUT2D eigenvalue weighted by Crippen LogP contribution is 2.16. The maximum absolute atomic E-state index is 11.7. The molecule has 0 saturated carbocycles. The molecule has 0 unspecified atom stereocenters. The van der Waals surface area contributed by atoms with Gasteiger partial charge in [-0.3, -0.25) is 19.7 Å². The minimum atomic E-state index is -0.885. The second kappa shape index (κ2) is 6.68. The summed E-state index contributed by atoms with van der Waals surface area (Å²) in [4.78, 5) is 33.4. The molecule has 0 aliphatic heterocycles. The number of hydrogen-bond donors (Lipinski definition) is 2. The van der Waals surface area contributed by atoms with E-state index in [0.717, 1.165) is 0 Å². The Labute approximate surface area is 130 Å². The highest BCUT2D eigenvalue weighted by Gasteiger charge is 2.14. The lowest BCUT2D eigenvalue weighted by molar-refractivity contribution is -0.384. The van der Waals surface area contributed by atoms with Crippen LogP contribution < -0.4 is 10.6 Å². The highest BCUT2D eigenvalue weighted by molar-refractivity contribution is 6.43. The van der Waals surface area contributed by atoms with Gasteiger partial charge in [0.05, 0.1) is 4.92 Å².